The molecule has 1 aliphatic rings. The summed E-state index contributed by atoms with van der Waals surface area (Å²) in [5, 5.41) is 4.52. The third kappa shape index (κ3) is 3.16. The maximum absolute atomic E-state index is 13.6. The van der Waals surface area contributed by atoms with Gasteiger partial charge in [-0.2, -0.15) is 5.10 Å². The number of rotatable bonds is 5. The Kier molecular flexibility index (Phi) is 4.51. The summed E-state index contributed by atoms with van der Waals surface area (Å²) in [7, 11) is -3.73. The molecule has 0 N–H and O–H groups in total. The number of benzene rings is 1. The van der Waals surface area contributed by atoms with Gasteiger partial charge in [0.2, 0.25) is 0 Å². The molecule has 3 aromatic heterocycles. The van der Waals surface area contributed by atoms with Crippen LogP contribution in [-0.4, -0.2) is 29.7 Å². The van der Waals surface area contributed by atoms with Gasteiger partial charge in [-0.05, 0) is 51.0 Å². The Balaban J connectivity index is 1.50. The van der Waals surface area contributed by atoms with Gasteiger partial charge in [-0.25, -0.2) is 13.4 Å². The van der Waals surface area contributed by atoms with Crippen LogP contribution in [0.1, 0.15) is 28.4 Å². The zero-order valence-electron chi connectivity index (χ0n) is 17.5. The van der Waals surface area contributed by atoms with Crippen molar-refractivity contribution in [1.29, 1.82) is 0 Å². The number of nitrogens with zero attached hydrogens (tertiary/aromatic N) is 4. The molecule has 0 bridgehead atoms. The van der Waals surface area contributed by atoms with Crippen molar-refractivity contribution in [2.24, 2.45) is 0 Å². The molecule has 4 aromatic rings. The molecule has 0 aliphatic carbocycles. The quantitative estimate of drug-likeness (QED) is 0.470. The first-order chi connectivity index (χ1) is 14.9. The summed E-state index contributed by atoms with van der Waals surface area (Å²) >= 11 is 0. The molecule has 0 unspecified atom stereocenters. The van der Waals surface area contributed by atoms with Crippen molar-refractivity contribution in [1.82, 2.24) is 14.8 Å². The normalized spacial score (nSPS) is 13.7. The Morgan fingerprint density at radius 1 is 1.10 bits per heavy atom. The molecule has 0 saturated carbocycles. The van der Waals surface area contributed by atoms with E-state index in [0.717, 1.165) is 11.3 Å². The van der Waals surface area contributed by atoms with Gasteiger partial charge < -0.3 is 8.83 Å². The van der Waals surface area contributed by atoms with Crippen molar-refractivity contribution in [2.45, 2.75) is 38.6 Å². The van der Waals surface area contributed by atoms with Crippen LogP contribution in [0.3, 0.4) is 0 Å². The second-order valence-electron chi connectivity index (χ2n) is 7.61. The van der Waals surface area contributed by atoms with E-state index < -0.39 is 10.0 Å². The van der Waals surface area contributed by atoms with Gasteiger partial charge in [0.05, 0.1) is 29.9 Å². The molecule has 0 fully saturated rings. The van der Waals surface area contributed by atoms with Gasteiger partial charge >= 0.3 is 0 Å². The highest BCUT2D eigenvalue weighted by molar-refractivity contribution is 7.93. The Labute approximate surface area is 180 Å². The number of hydrogen-bond donors (Lipinski definition) is 0. The summed E-state index contributed by atoms with van der Waals surface area (Å²) in [4.78, 5) is 4.76. The van der Waals surface area contributed by atoms with E-state index in [9.17, 15) is 8.42 Å². The van der Waals surface area contributed by atoms with Crippen molar-refractivity contribution in [3.05, 3.63) is 71.1 Å². The summed E-state index contributed by atoms with van der Waals surface area (Å²) in [6, 6.07) is 11.2. The highest BCUT2D eigenvalue weighted by atomic mass is 32.2. The fraction of sp³-hybridized carbons (Fsp3) is 0.273. The van der Waals surface area contributed by atoms with Crippen LogP contribution in [0.15, 0.2) is 56.4 Å². The highest BCUT2D eigenvalue weighted by Gasteiger charge is 2.35. The topological polar surface area (TPSA) is 94.4 Å². The van der Waals surface area contributed by atoms with Crippen LogP contribution in [-0.2, 0) is 23.0 Å². The smallest absolute Gasteiger partial charge is 0.268 e. The summed E-state index contributed by atoms with van der Waals surface area (Å²) in [6.07, 6.45) is 2.26. The Morgan fingerprint density at radius 3 is 2.68 bits per heavy atom. The zero-order chi connectivity index (χ0) is 21.8. The summed E-state index contributed by atoms with van der Waals surface area (Å²) in [6.45, 7) is 6.05. The lowest BCUT2D eigenvalue weighted by molar-refractivity contribution is 0.498. The first-order valence-electron chi connectivity index (χ1n) is 10.0. The van der Waals surface area contributed by atoms with Gasteiger partial charge in [0.15, 0.2) is 5.76 Å². The fourth-order valence-electron chi connectivity index (χ4n) is 4.10. The van der Waals surface area contributed by atoms with Gasteiger partial charge in [0.25, 0.3) is 15.9 Å². The molecule has 31 heavy (non-hydrogen) atoms. The number of anilines is 1. The molecule has 0 radical (unpaired) electrons. The maximum atomic E-state index is 13.6. The Bertz CT molecular complexity index is 1370. The van der Waals surface area contributed by atoms with Crippen molar-refractivity contribution in [2.75, 3.05) is 10.8 Å². The van der Waals surface area contributed by atoms with Crippen LogP contribution in [0.2, 0.25) is 0 Å². The maximum Gasteiger partial charge on any atom is 0.268 e. The van der Waals surface area contributed by atoms with Crippen molar-refractivity contribution in [3.8, 4) is 11.7 Å². The summed E-state index contributed by atoms with van der Waals surface area (Å²) in [5.74, 6) is 1.57. The SMILES string of the molecule is Cc1nn(Cc2nc(-c3ccco3)oc2C)c(C)c1S(=O)(=O)N1CCc2ccccc21. The van der Waals surface area contributed by atoms with Crippen LogP contribution in [0.4, 0.5) is 5.69 Å². The minimum Gasteiger partial charge on any atom is -0.459 e. The molecule has 5 rings (SSSR count). The van der Waals surface area contributed by atoms with E-state index in [1.54, 1.807) is 36.9 Å². The molecule has 8 nitrogen and oxygen atoms in total. The Morgan fingerprint density at radius 2 is 1.90 bits per heavy atom. The molecule has 0 amide bonds. The van der Waals surface area contributed by atoms with Gasteiger partial charge in [0.1, 0.15) is 16.3 Å². The largest absolute Gasteiger partial charge is 0.459 e. The van der Waals surface area contributed by atoms with Crippen molar-refractivity contribution in [3.63, 3.8) is 0 Å². The minimum atomic E-state index is -3.73. The summed E-state index contributed by atoms with van der Waals surface area (Å²) < 4.78 is 41.3. The monoisotopic (exact) mass is 438 g/mol. The first-order valence-corrected chi connectivity index (χ1v) is 11.4. The number of fused-ring (bicyclic) bond motifs is 1. The molecule has 4 heterocycles. The molecule has 1 aromatic carbocycles. The fourth-order valence-corrected chi connectivity index (χ4v) is 5.98. The molecule has 1 aliphatic heterocycles. The molecular formula is C22H22N4O4S. The van der Waals surface area contributed by atoms with Crippen molar-refractivity contribution >= 4 is 15.7 Å². The molecule has 0 saturated heterocycles. The van der Waals surface area contributed by atoms with Gasteiger partial charge in [-0.3, -0.25) is 8.99 Å². The predicted octanol–water partition coefficient (Wildman–Crippen LogP) is 3.86. The molecule has 0 atom stereocenters. The number of para-hydroxylation sites is 1. The molecule has 9 heteroatoms. The van der Waals surface area contributed by atoms with E-state index in [4.69, 9.17) is 8.83 Å². The first kappa shape index (κ1) is 19.6. The van der Waals surface area contributed by atoms with Gasteiger partial charge in [-0.15, -0.1) is 0 Å². The van der Waals surface area contributed by atoms with Crippen molar-refractivity contribution < 1.29 is 17.3 Å². The van der Waals surface area contributed by atoms with Gasteiger partial charge in [-0.1, -0.05) is 18.2 Å². The average molecular weight is 439 g/mol. The third-order valence-electron chi connectivity index (χ3n) is 5.63. The van der Waals surface area contributed by atoms with E-state index in [2.05, 4.69) is 10.1 Å². The second-order valence-corrected chi connectivity index (χ2v) is 9.41. The van der Waals surface area contributed by atoms with Crippen LogP contribution >= 0.6 is 0 Å². The third-order valence-corrected chi connectivity index (χ3v) is 7.70. The minimum absolute atomic E-state index is 0.247. The number of hydrogen-bond acceptors (Lipinski definition) is 6. The molecule has 0 spiro atoms. The average Bonchev–Trinajstić information content (AvgIpc) is 3.50. The zero-order valence-corrected chi connectivity index (χ0v) is 18.3. The predicted molar refractivity (Wildman–Crippen MR) is 114 cm³/mol. The van der Waals surface area contributed by atoms with E-state index in [1.165, 1.54) is 4.31 Å². The number of aromatic nitrogens is 3. The van der Waals surface area contributed by atoms with Crippen LogP contribution < -0.4 is 4.31 Å². The van der Waals surface area contributed by atoms with E-state index in [0.29, 0.717) is 54.0 Å². The van der Waals surface area contributed by atoms with Gasteiger partial charge in [0, 0.05) is 6.54 Å². The highest BCUT2D eigenvalue weighted by Crippen LogP contribution is 2.34. The molecular weight excluding hydrogens is 416 g/mol. The lowest BCUT2D eigenvalue weighted by atomic mass is 10.2. The number of aryl methyl sites for hydroxylation is 2. The second kappa shape index (κ2) is 7.12. The van der Waals surface area contributed by atoms with Crippen LogP contribution in [0.5, 0.6) is 0 Å². The Hall–Kier alpha value is -3.33. The number of sulfonamides is 1. The van der Waals surface area contributed by atoms with Crippen LogP contribution in [0, 0.1) is 20.8 Å². The van der Waals surface area contributed by atoms with Crippen LogP contribution in [0.25, 0.3) is 11.7 Å². The number of oxazole rings is 1. The van der Waals surface area contributed by atoms with E-state index >= 15 is 0 Å². The summed E-state index contributed by atoms with van der Waals surface area (Å²) in [5.41, 5.74) is 3.49. The number of furan rings is 1. The lowest BCUT2D eigenvalue weighted by Crippen LogP contribution is -2.30. The lowest BCUT2D eigenvalue weighted by Gasteiger charge is -2.19. The standard InChI is InChI=1S/C22H22N4O4S/c1-14-21(31(27,28)26-11-10-17-7-4-5-8-19(17)26)15(2)25(24-14)13-18-16(3)30-22(23-18)20-9-6-12-29-20/h4-9,12H,10-11,13H2,1-3H3. The van der Waals surface area contributed by atoms with E-state index in [1.807, 2.05) is 31.2 Å². The van der Waals surface area contributed by atoms with E-state index in [-0.39, 0.29) is 4.90 Å². The molecule has 160 valence electrons.